The number of amides is 1. The van der Waals surface area contributed by atoms with E-state index in [2.05, 4.69) is 30.4 Å². The third-order valence-corrected chi connectivity index (χ3v) is 7.25. The standard InChI is InChI=1S/C27H32F3N7O/c28-27(29,30)26-33-16-19(17-34-26)23(36-12-3-1-2-4-13-36)18-32-25(38)21-6-5-7-22-20(21)8-9-24(35-22)37-14-10-31-11-15-37/h5-9,16-17,23,31H,1-4,10-15,18H2,(H,32,38). The van der Waals surface area contributed by atoms with E-state index in [0.29, 0.717) is 11.1 Å². The van der Waals surface area contributed by atoms with Gasteiger partial charge in [0.15, 0.2) is 0 Å². The number of benzene rings is 1. The number of likely N-dealkylation sites (tertiary alicyclic amines) is 1. The van der Waals surface area contributed by atoms with Gasteiger partial charge in [-0.25, -0.2) is 15.0 Å². The third-order valence-electron chi connectivity index (χ3n) is 7.25. The average Bonchev–Trinajstić information content (AvgIpc) is 3.22. The van der Waals surface area contributed by atoms with Crippen LogP contribution in [0.5, 0.6) is 0 Å². The summed E-state index contributed by atoms with van der Waals surface area (Å²) >= 11 is 0. The van der Waals surface area contributed by atoms with Gasteiger partial charge in [-0.3, -0.25) is 9.69 Å². The molecule has 2 N–H and O–H groups in total. The summed E-state index contributed by atoms with van der Waals surface area (Å²) in [6, 6.07) is 9.05. The summed E-state index contributed by atoms with van der Waals surface area (Å²) in [5, 5.41) is 7.12. The lowest BCUT2D eigenvalue weighted by atomic mass is 10.1. The molecule has 1 unspecified atom stereocenters. The number of piperazine rings is 1. The molecule has 8 nitrogen and oxygen atoms in total. The molecule has 202 valence electrons. The summed E-state index contributed by atoms with van der Waals surface area (Å²) in [6.07, 6.45) is 2.08. The van der Waals surface area contributed by atoms with E-state index in [9.17, 15) is 18.0 Å². The zero-order valence-corrected chi connectivity index (χ0v) is 21.2. The molecule has 2 aliphatic heterocycles. The molecule has 5 rings (SSSR count). The normalized spacial score (nSPS) is 18.2. The SMILES string of the molecule is O=C(NCC(c1cnc(C(F)(F)F)nc1)N1CCCCCC1)c1cccc2nc(N3CCNCC3)ccc12. The van der Waals surface area contributed by atoms with E-state index in [1.54, 1.807) is 6.07 Å². The van der Waals surface area contributed by atoms with Crippen LogP contribution < -0.4 is 15.5 Å². The molecule has 2 saturated heterocycles. The van der Waals surface area contributed by atoms with Gasteiger partial charge in [0.25, 0.3) is 5.91 Å². The molecule has 1 aromatic carbocycles. The Balaban J connectivity index is 1.35. The Morgan fingerprint density at radius 3 is 2.37 bits per heavy atom. The number of halogens is 3. The molecule has 2 aliphatic rings. The molecule has 1 amide bonds. The Morgan fingerprint density at radius 2 is 1.68 bits per heavy atom. The lowest BCUT2D eigenvalue weighted by Crippen LogP contribution is -2.43. The minimum absolute atomic E-state index is 0.232. The van der Waals surface area contributed by atoms with Gasteiger partial charge in [-0.15, -0.1) is 0 Å². The van der Waals surface area contributed by atoms with Gasteiger partial charge in [-0.1, -0.05) is 18.9 Å². The largest absolute Gasteiger partial charge is 0.451 e. The van der Waals surface area contributed by atoms with Crippen molar-refractivity contribution in [1.82, 2.24) is 30.5 Å². The van der Waals surface area contributed by atoms with Crippen molar-refractivity contribution in [1.29, 1.82) is 0 Å². The zero-order valence-electron chi connectivity index (χ0n) is 21.2. The molecular formula is C27H32F3N7O. The summed E-state index contributed by atoms with van der Waals surface area (Å²) < 4.78 is 39.1. The van der Waals surface area contributed by atoms with E-state index in [0.717, 1.165) is 81.7 Å². The Morgan fingerprint density at radius 1 is 0.974 bits per heavy atom. The summed E-state index contributed by atoms with van der Waals surface area (Å²) in [6.45, 7) is 5.41. The lowest BCUT2D eigenvalue weighted by molar-refractivity contribution is -0.145. The topological polar surface area (TPSA) is 86.3 Å². The predicted octanol–water partition coefficient (Wildman–Crippen LogP) is 3.80. The van der Waals surface area contributed by atoms with E-state index in [4.69, 9.17) is 4.98 Å². The van der Waals surface area contributed by atoms with E-state index < -0.39 is 12.0 Å². The maximum absolute atomic E-state index is 13.4. The van der Waals surface area contributed by atoms with Crippen molar-refractivity contribution in [3.05, 3.63) is 59.7 Å². The fourth-order valence-corrected chi connectivity index (χ4v) is 5.22. The first-order valence-electron chi connectivity index (χ1n) is 13.2. The van der Waals surface area contributed by atoms with Gasteiger partial charge in [0.05, 0.1) is 11.6 Å². The van der Waals surface area contributed by atoms with Crippen molar-refractivity contribution in [2.75, 3.05) is 50.7 Å². The first-order chi connectivity index (χ1) is 18.4. The van der Waals surface area contributed by atoms with Crippen molar-refractivity contribution in [2.24, 2.45) is 0 Å². The molecule has 2 fully saturated rings. The molecule has 0 aliphatic carbocycles. The third kappa shape index (κ3) is 6.05. The number of alkyl halides is 3. The summed E-state index contributed by atoms with van der Waals surface area (Å²) in [5.41, 5.74) is 1.81. The maximum Gasteiger partial charge on any atom is 0.451 e. The number of hydrogen-bond acceptors (Lipinski definition) is 7. The zero-order chi connectivity index (χ0) is 26.5. The van der Waals surface area contributed by atoms with Crippen LogP contribution in [0, 0.1) is 0 Å². The van der Waals surface area contributed by atoms with Crippen LogP contribution in [-0.2, 0) is 6.18 Å². The molecule has 3 aromatic rings. The predicted molar refractivity (Wildman–Crippen MR) is 139 cm³/mol. The molecule has 38 heavy (non-hydrogen) atoms. The highest BCUT2D eigenvalue weighted by Crippen LogP contribution is 2.28. The number of anilines is 1. The molecule has 1 atom stereocenters. The second-order valence-electron chi connectivity index (χ2n) is 9.79. The number of nitrogens with one attached hydrogen (secondary N) is 2. The smallest absolute Gasteiger partial charge is 0.354 e. The summed E-state index contributed by atoms with van der Waals surface area (Å²) in [5.74, 6) is -0.525. The highest BCUT2D eigenvalue weighted by Gasteiger charge is 2.35. The van der Waals surface area contributed by atoms with Crippen LogP contribution in [0.3, 0.4) is 0 Å². The van der Waals surface area contributed by atoms with Crippen LogP contribution in [0.2, 0.25) is 0 Å². The van der Waals surface area contributed by atoms with Crippen LogP contribution in [-0.4, -0.2) is 71.6 Å². The van der Waals surface area contributed by atoms with Crippen molar-refractivity contribution in [3.63, 3.8) is 0 Å². The Labute approximate surface area is 219 Å². The number of pyridine rings is 1. The summed E-state index contributed by atoms with van der Waals surface area (Å²) in [4.78, 5) is 29.7. The molecule has 0 spiro atoms. The second kappa shape index (κ2) is 11.6. The molecule has 0 bridgehead atoms. The highest BCUT2D eigenvalue weighted by atomic mass is 19.4. The molecular weight excluding hydrogens is 495 g/mol. The lowest BCUT2D eigenvalue weighted by Gasteiger charge is -2.31. The van der Waals surface area contributed by atoms with Crippen LogP contribution >= 0.6 is 0 Å². The Kier molecular flexibility index (Phi) is 8.04. The van der Waals surface area contributed by atoms with Crippen molar-refractivity contribution in [2.45, 2.75) is 37.9 Å². The van der Waals surface area contributed by atoms with E-state index in [1.165, 1.54) is 12.4 Å². The Hall–Kier alpha value is -3.31. The molecule has 2 aromatic heterocycles. The molecule has 0 radical (unpaired) electrons. The highest BCUT2D eigenvalue weighted by molar-refractivity contribution is 6.06. The second-order valence-corrected chi connectivity index (χ2v) is 9.79. The van der Waals surface area contributed by atoms with Gasteiger partial charge in [-0.05, 0) is 50.2 Å². The number of rotatable bonds is 6. The number of hydrogen-bond donors (Lipinski definition) is 2. The van der Waals surface area contributed by atoms with Crippen molar-refractivity contribution >= 4 is 22.6 Å². The van der Waals surface area contributed by atoms with Crippen LogP contribution in [0.25, 0.3) is 10.9 Å². The van der Waals surface area contributed by atoms with Crippen molar-refractivity contribution in [3.8, 4) is 0 Å². The monoisotopic (exact) mass is 527 g/mol. The van der Waals surface area contributed by atoms with Crippen molar-refractivity contribution < 1.29 is 18.0 Å². The van der Waals surface area contributed by atoms with Crippen LogP contribution in [0.4, 0.5) is 19.0 Å². The number of aromatic nitrogens is 3. The Bertz CT molecular complexity index is 1240. The van der Waals surface area contributed by atoms with Gasteiger partial charge < -0.3 is 15.5 Å². The maximum atomic E-state index is 13.4. The molecule has 4 heterocycles. The first kappa shape index (κ1) is 26.3. The number of carbonyl (C=O) groups excluding carboxylic acids is 1. The van der Waals surface area contributed by atoms with Gasteiger partial charge in [0.1, 0.15) is 5.82 Å². The fraction of sp³-hybridized carbons (Fsp3) is 0.481. The van der Waals surface area contributed by atoms with Gasteiger partial charge in [0, 0.05) is 61.6 Å². The van der Waals surface area contributed by atoms with E-state index >= 15 is 0 Å². The minimum Gasteiger partial charge on any atom is -0.354 e. The minimum atomic E-state index is -4.60. The van der Waals surface area contributed by atoms with E-state index in [-0.39, 0.29) is 18.5 Å². The molecule has 0 saturated carbocycles. The molecule has 11 heteroatoms. The quantitative estimate of drug-likeness (QED) is 0.504. The van der Waals surface area contributed by atoms with Gasteiger partial charge >= 0.3 is 6.18 Å². The fourth-order valence-electron chi connectivity index (χ4n) is 5.22. The summed E-state index contributed by atoms with van der Waals surface area (Å²) in [7, 11) is 0. The van der Waals surface area contributed by atoms with Crippen LogP contribution in [0.15, 0.2) is 42.7 Å². The average molecular weight is 528 g/mol. The number of carbonyl (C=O) groups is 1. The van der Waals surface area contributed by atoms with Crippen LogP contribution in [0.1, 0.15) is 53.5 Å². The van der Waals surface area contributed by atoms with Gasteiger partial charge in [-0.2, -0.15) is 13.2 Å². The van der Waals surface area contributed by atoms with Gasteiger partial charge in [0.2, 0.25) is 5.82 Å². The van der Waals surface area contributed by atoms with E-state index in [1.807, 2.05) is 24.3 Å². The number of nitrogens with zero attached hydrogens (tertiary/aromatic N) is 5. The number of fused-ring (bicyclic) bond motifs is 1. The first-order valence-corrected chi connectivity index (χ1v) is 13.2.